The Morgan fingerprint density at radius 2 is 1.71 bits per heavy atom. The van der Waals surface area contributed by atoms with Crippen LogP contribution in [0, 0.1) is 5.82 Å². The minimum atomic E-state index is -0.211. The lowest BCUT2D eigenvalue weighted by molar-refractivity contribution is 0.298. The van der Waals surface area contributed by atoms with Gasteiger partial charge in [0.25, 0.3) is 0 Å². The molecule has 5 nitrogen and oxygen atoms in total. The molecule has 2 aromatic rings. The molecule has 2 rings (SSSR count). The van der Waals surface area contributed by atoms with Crippen LogP contribution in [0.5, 0.6) is 5.75 Å². The maximum atomic E-state index is 13.0. The molecule has 0 saturated heterocycles. The number of methoxy groups -OCH3 is 1. The molecule has 1 atom stereocenters. The fourth-order valence-electron chi connectivity index (χ4n) is 2.81. The topological polar surface area (TPSA) is 48.9 Å². The van der Waals surface area contributed by atoms with E-state index in [1.54, 1.807) is 26.3 Å². The molecule has 0 aliphatic carbocycles. The summed E-state index contributed by atoms with van der Waals surface area (Å²) in [5, 5.41) is 6.68. The molecule has 1 unspecified atom stereocenters. The molecule has 154 valence electrons. The predicted octanol–water partition coefficient (Wildman–Crippen LogP) is 3.46. The van der Waals surface area contributed by atoms with E-state index in [-0.39, 0.29) is 35.8 Å². The first kappa shape index (κ1) is 24.2. The minimum absolute atomic E-state index is 0. The highest BCUT2D eigenvalue weighted by molar-refractivity contribution is 14.0. The summed E-state index contributed by atoms with van der Waals surface area (Å²) >= 11 is 0. The van der Waals surface area contributed by atoms with Gasteiger partial charge in [0.1, 0.15) is 11.6 Å². The van der Waals surface area contributed by atoms with Crippen molar-refractivity contribution in [1.29, 1.82) is 0 Å². The lowest BCUT2D eigenvalue weighted by Gasteiger charge is -2.26. The van der Waals surface area contributed by atoms with Gasteiger partial charge in [0.15, 0.2) is 5.96 Å². The van der Waals surface area contributed by atoms with Crippen LogP contribution < -0.4 is 15.4 Å². The van der Waals surface area contributed by atoms with Crippen molar-refractivity contribution in [1.82, 2.24) is 15.5 Å². The zero-order valence-corrected chi connectivity index (χ0v) is 19.2. The van der Waals surface area contributed by atoms with Crippen LogP contribution in [0.25, 0.3) is 0 Å². The molecule has 2 N–H and O–H groups in total. The maximum absolute atomic E-state index is 13.0. The summed E-state index contributed by atoms with van der Waals surface area (Å²) in [4.78, 5) is 6.45. The van der Waals surface area contributed by atoms with Crippen molar-refractivity contribution in [3.05, 3.63) is 65.5 Å². The standard InChI is InChI=1S/C21H29FN4O.HI/c1-23-21(24-14-13-16-5-9-18(22)10-6-16)25-15-20(26(2)3)17-7-11-19(27-4)12-8-17;/h5-12,20H,13-15H2,1-4H3,(H2,23,24,25);1H. The third-order valence-electron chi connectivity index (χ3n) is 4.43. The van der Waals surface area contributed by atoms with Gasteiger partial charge in [0.2, 0.25) is 0 Å². The van der Waals surface area contributed by atoms with Crippen molar-refractivity contribution >= 4 is 29.9 Å². The molecule has 0 aliphatic rings. The molecule has 0 bridgehead atoms. The molecule has 0 heterocycles. The number of hydrogen-bond donors (Lipinski definition) is 2. The third kappa shape index (κ3) is 7.63. The van der Waals surface area contributed by atoms with E-state index in [0.29, 0.717) is 0 Å². The van der Waals surface area contributed by atoms with Gasteiger partial charge >= 0.3 is 0 Å². The maximum Gasteiger partial charge on any atom is 0.191 e. The summed E-state index contributed by atoms with van der Waals surface area (Å²) in [6.45, 7) is 1.44. The molecule has 2 aromatic carbocycles. The third-order valence-corrected chi connectivity index (χ3v) is 4.43. The number of nitrogens with zero attached hydrogens (tertiary/aromatic N) is 2. The second kappa shape index (κ2) is 12.6. The summed E-state index contributed by atoms with van der Waals surface area (Å²) in [5.41, 5.74) is 2.29. The van der Waals surface area contributed by atoms with Gasteiger partial charge in [-0.2, -0.15) is 0 Å². The van der Waals surface area contributed by atoms with Gasteiger partial charge in [0.05, 0.1) is 13.2 Å². The van der Waals surface area contributed by atoms with Crippen molar-refractivity contribution < 1.29 is 9.13 Å². The van der Waals surface area contributed by atoms with Crippen LogP contribution in [-0.4, -0.2) is 52.2 Å². The Hall–Kier alpha value is -1.87. The molecule has 0 spiro atoms. The van der Waals surface area contributed by atoms with Gasteiger partial charge in [-0.25, -0.2) is 4.39 Å². The second-order valence-corrected chi connectivity index (χ2v) is 6.51. The number of nitrogens with one attached hydrogen (secondary N) is 2. The van der Waals surface area contributed by atoms with Gasteiger partial charge in [-0.3, -0.25) is 4.99 Å². The Kier molecular flexibility index (Phi) is 10.8. The van der Waals surface area contributed by atoms with E-state index in [4.69, 9.17) is 4.74 Å². The zero-order valence-electron chi connectivity index (χ0n) is 16.9. The monoisotopic (exact) mass is 500 g/mol. The molecule has 0 saturated carbocycles. The molecular weight excluding hydrogens is 470 g/mol. The normalized spacial score (nSPS) is 12.3. The van der Waals surface area contributed by atoms with E-state index in [2.05, 4.69) is 46.8 Å². The molecule has 0 radical (unpaired) electrons. The first-order valence-corrected chi connectivity index (χ1v) is 9.03. The molecule has 28 heavy (non-hydrogen) atoms. The highest BCUT2D eigenvalue weighted by Crippen LogP contribution is 2.20. The van der Waals surface area contributed by atoms with Gasteiger partial charge in [-0.1, -0.05) is 24.3 Å². The summed E-state index contributed by atoms with van der Waals surface area (Å²) in [7, 11) is 7.54. The quantitative estimate of drug-likeness (QED) is 0.331. The second-order valence-electron chi connectivity index (χ2n) is 6.51. The Bertz CT molecular complexity index is 720. The lowest BCUT2D eigenvalue weighted by atomic mass is 10.1. The summed E-state index contributed by atoms with van der Waals surface area (Å²) < 4.78 is 18.2. The zero-order chi connectivity index (χ0) is 19.6. The number of ether oxygens (including phenoxy) is 1. The summed E-state index contributed by atoms with van der Waals surface area (Å²) in [5.74, 6) is 1.39. The highest BCUT2D eigenvalue weighted by Gasteiger charge is 2.14. The minimum Gasteiger partial charge on any atom is -0.497 e. The Morgan fingerprint density at radius 3 is 2.25 bits per heavy atom. The van der Waals surface area contributed by atoms with E-state index in [1.165, 1.54) is 17.7 Å². The first-order valence-electron chi connectivity index (χ1n) is 9.03. The van der Waals surface area contributed by atoms with Crippen LogP contribution >= 0.6 is 24.0 Å². The van der Waals surface area contributed by atoms with Crippen LogP contribution in [0.3, 0.4) is 0 Å². The fourth-order valence-corrected chi connectivity index (χ4v) is 2.81. The lowest BCUT2D eigenvalue weighted by Crippen LogP contribution is -2.42. The number of likely N-dealkylation sites (N-methyl/N-ethyl adjacent to an activating group) is 1. The van der Waals surface area contributed by atoms with Crippen molar-refractivity contribution in [2.24, 2.45) is 4.99 Å². The van der Waals surface area contributed by atoms with Crippen molar-refractivity contribution in [3.8, 4) is 5.75 Å². The van der Waals surface area contributed by atoms with E-state index >= 15 is 0 Å². The first-order chi connectivity index (χ1) is 13.0. The Balaban J connectivity index is 0.00000392. The molecular formula is C21H30FIN4O. The number of rotatable bonds is 8. The Labute approximate surface area is 184 Å². The van der Waals surface area contributed by atoms with Crippen LogP contribution in [0.1, 0.15) is 17.2 Å². The average Bonchev–Trinajstić information content (AvgIpc) is 2.68. The van der Waals surface area contributed by atoms with Crippen LogP contribution in [0.4, 0.5) is 4.39 Å². The van der Waals surface area contributed by atoms with Crippen molar-refractivity contribution in [2.75, 3.05) is 41.3 Å². The van der Waals surface area contributed by atoms with E-state index < -0.39 is 0 Å². The molecule has 7 heteroatoms. The SMILES string of the molecule is CN=C(NCCc1ccc(F)cc1)NCC(c1ccc(OC)cc1)N(C)C.I. The van der Waals surface area contributed by atoms with E-state index in [9.17, 15) is 4.39 Å². The number of guanidine groups is 1. The molecule has 0 amide bonds. The van der Waals surface area contributed by atoms with Gasteiger partial charge in [0, 0.05) is 20.1 Å². The van der Waals surface area contributed by atoms with Gasteiger partial charge < -0.3 is 20.3 Å². The smallest absolute Gasteiger partial charge is 0.191 e. The number of hydrogen-bond acceptors (Lipinski definition) is 3. The van der Waals surface area contributed by atoms with E-state index in [0.717, 1.165) is 36.8 Å². The number of benzene rings is 2. The van der Waals surface area contributed by atoms with Crippen LogP contribution in [0.2, 0.25) is 0 Å². The largest absolute Gasteiger partial charge is 0.497 e. The van der Waals surface area contributed by atoms with Crippen LogP contribution in [0.15, 0.2) is 53.5 Å². The predicted molar refractivity (Wildman–Crippen MR) is 124 cm³/mol. The number of halogens is 2. The van der Waals surface area contributed by atoms with Gasteiger partial charge in [-0.15, -0.1) is 24.0 Å². The average molecular weight is 500 g/mol. The molecule has 0 aliphatic heterocycles. The fraction of sp³-hybridized carbons (Fsp3) is 0.381. The van der Waals surface area contributed by atoms with E-state index in [1.807, 2.05) is 12.1 Å². The summed E-state index contributed by atoms with van der Waals surface area (Å²) in [6, 6.07) is 14.9. The molecule has 0 aromatic heterocycles. The summed E-state index contributed by atoms with van der Waals surface area (Å²) in [6.07, 6.45) is 0.802. The molecule has 0 fully saturated rings. The van der Waals surface area contributed by atoms with Gasteiger partial charge in [-0.05, 0) is 55.9 Å². The Morgan fingerprint density at radius 1 is 1.07 bits per heavy atom. The van der Waals surface area contributed by atoms with Crippen molar-refractivity contribution in [3.63, 3.8) is 0 Å². The van der Waals surface area contributed by atoms with Crippen molar-refractivity contribution in [2.45, 2.75) is 12.5 Å². The number of aliphatic imine (C=N–C) groups is 1. The van der Waals surface area contributed by atoms with Crippen LogP contribution in [-0.2, 0) is 6.42 Å². The highest BCUT2D eigenvalue weighted by atomic mass is 127.